The first kappa shape index (κ1) is 10.6. The Kier molecular flexibility index (Phi) is 3.52. The third-order valence-electron chi connectivity index (χ3n) is 1.68. The van der Waals surface area contributed by atoms with Crippen molar-refractivity contribution < 1.29 is 4.79 Å². The number of carbonyl (C=O) groups excluding carboxylic acids is 1. The minimum Gasteiger partial charge on any atom is -0.320 e. The van der Waals surface area contributed by atoms with Crippen molar-refractivity contribution in [3.63, 3.8) is 0 Å². The van der Waals surface area contributed by atoms with Gasteiger partial charge in [-0.1, -0.05) is 18.4 Å². The van der Waals surface area contributed by atoms with Crippen LogP contribution >= 0.6 is 0 Å². The van der Waals surface area contributed by atoms with Crippen LogP contribution in [0.2, 0.25) is 0 Å². The van der Waals surface area contributed by atoms with E-state index in [0.717, 1.165) is 6.42 Å². The van der Waals surface area contributed by atoms with Crippen LogP contribution in [0.5, 0.6) is 0 Å². The molecular weight excluding hydrogens is 184 g/mol. The van der Waals surface area contributed by atoms with E-state index in [2.05, 4.69) is 20.7 Å². The number of aromatic nitrogens is 4. The maximum absolute atomic E-state index is 11.4. The van der Waals surface area contributed by atoms with Crippen molar-refractivity contribution in [3.8, 4) is 0 Å². The Morgan fingerprint density at radius 1 is 1.71 bits per heavy atom. The van der Waals surface area contributed by atoms with E-state index in [1.807, 2.05) is 6.92 Å². The molecule has 78 valence electrons. The highest BCUT2D eigenvalue weighted by Gasteiger charge is 2.14. The van der Waals surface area contributed by atoms with Gasteiger partial charge in [0.25, 0.3) is 5.95 Å². The van der Waals surface area contributed by atoms with Crippen LogP contribution in [0.4, 0.5) is 5.95 Å². The van der Waals surface area contributed by atoms with E-state index in [0.29, 0.717) is 6.42 Å². The number of nitrogens with one attached hydrogen (secondary N) is 1. The van der Waals surface area contributed by atoms with Crippen molar-refractivity contribution in [2.75, 3.05) is 5.32 Å². The average Bonchev–Trinajstić information content (AvgIpc) is 2.51. The number of aryl methyl sites for hydroxylation is 1. The zero-order valence-electron chi connectivity index (χ0n) is 8.27. The third kappa shape index (κ3) is 2.77. The fourth-order valence-electron chi connectivity index (χ4n) is 0.979. The Morgan fingerprint density at radius 2 is 2.43 bits per heavy atom. The normalized spacial score (nSPS) is 12.5. The van der Waals surface area contributed by atoms with Gasteiger partial charge in [-0.25, -0.2) is 0 Å². The summed E-state index contributed by atoms with van der Waals surface area (Å²) >= 11 is 0. The minimum absolute atomic E-state index is 0.184. The number of amides is 1. The van der Waals surface area contributed by atoms with Crippen molar-refractivity contribution in [3.05, 3.63) is 0 Å². The molecule has 0 unspecified atom stereocenters. The van der Waals surface area contributed by atoms with Crippen LogP contribution in [0.1, 0.15) is 19.8 Å². The summed E-state index contributed by atoms with van der Waals surface area (Å²) in [5.74, 6) is -0.0936. The number of hydrogen-bond donors (Lipinski definition) is 2. The van der Waals surface area contributed by atoms with Crippen LogP contribution < -0.4 is 11.1 Å². The van der Waals surface area contributed by atoms with Gasteiger partial charge in [0, 0.05) is 0 Å². The summed E-state index contributed by atoms with van der Waals surface area (Å²) in [5, 5.41) is 13.5. The SMILES string of the molecule is CCC[C@@H](N)C(=O)Nc1nnn(C)n1. The molecule has 1 aromatic rings. The van der Waals surface area contributed by atoms with E-state index in [1.54, 1.807) is 7.05 Å². The highest BCUT2D eigenvalue weighted by atomic mass is 16.2. The molecule has 1 aromatic heterocycles. The standard InChI is InChI=1S/C7H14N6O/c1-3-4-5(8)6(14)9-7-10-12-13(2)11-7/h5H,3-4,8H2,1-2H3,(H,9,11,14)/t5-/m1/s1. The molecule has 7 nitrogen and oxygen atoms in total. The van der Waals surface area contributed by atoms with Crippen LogP contribution in [0, 0.1) is 0 Å². The summed E-state index contributed by atoms with van der Waals surface area (Å²) < 4.78 is 0. The first-order valence-electron chi connectivity index (χ1n) is 4.44. The van der Waals surface area contributed by atoms with Gasteiger partial charge in [0.15, 0.2) is 0 Å². The van der Waals surface area contributed by atoms with Gasteiger partial charge < -0.3 is 5.73 Å². The zero-order valence-corrected chi connectivity index (χ0v) is 8.27. The van der Waals surface area contributed by atoms with Crippen LogP contribution in [0.3, 0.4) is 0 Å². The highest BCUT2D eigenvalue weighted by Crippen LogP contribution is 1.98. The van der Waals surface area contributed by atoms with E-state index in [1.165, 1.54) is 4.80 Å². The molecule has 0 saturated heterocycles. The second kappa shape index (κ2) is 4.66. The molecule has 0 aliphatic carbocycles. The number of nitrogens with two attached hydrogens (primary N) is 1. The third-order valence-corrected chi connectivity index (χ3v) is 1.68. The molecule has 0 radical (unpaired) electrons. The Balaban J connectivity index is 2.48. The Bertz CT molecular complexity index is 309. The van der Waals surface area contributed by atoms with Gasteiger partial charge in [-0.15, -0.1) is 5.10 Å². The number of hydrogen-bond acceptors (Lipinski definition) is 5. The summed E-state index contributed by atoms with van der Waals surface area (Å²) in [4.78, 5) is 12.6. The summed E-state index contributed by atoms with van der Waals surface area (Å²) in [6.45, 7) is 1.97. The van der Waals surface area contributed by atoms with Crippen molar-refractivity contribution >= 4 is 11.9 Å². The van der Waals surface area contributed by atoms with Gasteiger partial charge in [-0.05, 0) is 11.6 Å². The van der Waals surface area contributed by atoms with E-state index >= 15 is 0 Å². The van der Waals surface area contributed by atoms with Gasteiger partial charge in [-0.3, -0.25) is 10.1 Å². The molecular formula is C7H14N6O. The summed E-state index contributed by atoms with van der Waals surface area (Å²) in [5.41, 5.74) is 5.59. The van der Waals surface area contributed by atoms with Gasteiger partial charge in [-0.2, -0.15) is 4.80 Å². The molecule has 1 amide bonds. The predicted molar refractivity (Wildman–Crippen MR) is 50.3 cm³/mol. The van der Waals surface area contributed by atoms with Crippen molar-refractivity contribution in [2.45, 2.75) is 25.8 Å². The van der Waals surface area contributed by atoms with Gasteiger partial charge >= 0.3 is 0 Å². The molecule has 1 atom stereocenters. The average molecular weight is 198 g/mol. The second-order valence-corrected chi connectivity index (χ2v) is 2.99. The monoisotopic (exact) mass is 198 g/mol. The Labute approximate surface area is 81.7 Å². The van der Waals surface area contributed by atoms with Gasteiger partial charge in [0.05, 0.1) is 13.1 Å². The molecule has 1 heterocycles. The summed E-state index contributed by atoms with van der Waals surface area (Å²) in [6, 6.07) is -0.510. The molecule has 7 heteroatoms. The van der Waals surface area contributed by atoms with Crippen molar-refractivity contribution in [1.82, 2.24) is 20.2 Å². The second-order valence-electron chi connectivity index (χ2n) is 2.99. The Hall–Kier alpha value is -1.50. The van der Waals surface area contributed by atoms with Gasteiger partial charge in [0.2, 0.25) is 5.91 Å². The lowest BCUT2D eigenvalue weighted by Crippen LogP contribution is -2.35. The summed E-state index contributed by atoms with van der Waals surface area (Å²) in [6.07, 6.45) is 1.51. The first-order valence-corrected chi connectivity index (χ1v) is 4.44. The quantitative estimate of drug-likeness (QED) is 0.665. The molecule has 14 heavy (non-hydrogen) atoms. The molecule has 0 saturated carbocycles. The lowest BCUT2D eigenvalue weighted by molar-refractivity contribution is -0.117. The molecule has 1 rings (SSSR count). The maximum atomic E-state index is 11.4. The molecule has 0 bridgehead atoms. The number of tetrazole rings is 1. The van der Waals surface area contributed by atoms with Crippen molar-refractivity contribution in [2.24, 2.45) is 12.8 Å². The first-order chi connectivity index (χ1) is 6.63. The van der Waals surface area contributed by atoms with Crippen molar-refractivity contribution in [1.29, 1.82) is 0 Å². The van der Waals surface area contributed by atoms with Crippen LogP contribution in [-0.4, -0.2) is 32.2 Å². The topological polar surface area (TPSA) is 98.7 Å². The smallest absolute Gasteiger partial charge is 0.270 e. The number of anilines is 1. The zero-order chi connectivity index (χ0) is 10.6. The molecule has 0 aromatic carbocycles. The highest BCUT2D eigenvalue weighted by molar-refractivity contribution is 5.92. The fraction of sp³-hybridized carbons (Fsp3) is 0.714. The number of carbonyl (C=O) groups is 1. The largest absolute Gasteiger partial charge is 0.320 e. The van der Waals surface area contributed by atoms with E-state index in [9.17, 15) is 4.79 Å². The van der Waals surface area contributed by atoms with Crippen LogP contribution in [0.15, 0.2) is 0 Å². The molecule has 0 spiro atoms. The predicted octanol–water partition coefficient (Wildman–Crippen LogP) is -0.724. The molecule has 0 aliphatic heterocycles. The maximum Gasteiger partial charge on any atom is 0.270 e. The Morgan fingerprint density at radius 3 is 2.93 bits per heavy atom. The van der Waals surface area contributed by atoms with Crippen LogP contribution in [0.25, 0.3) is 0 Å². The lowest BCUT2D eigenvalue weighted by Gasteiger charge is -2.07. The fourth-order valence-corrected chi connectivity index (χ4v) is 0.979. The number of rotatable bonds is 4. The number of nitrogens with zero attached hydrogens (tertiary/aromatic N) is 4. The van der Waals surface area contributed by atoms with Crippen LogP contribution in [-0.2, 0) is 11.8 Å². The van der Waals surface area contributed by atoms with E-state index < -0.39 is 6.04 Å². The van der Waals surface area contributed by atoms with E-state index in [-0.39, 0.29) is 11.9 Å². The summed E-state index contributed by atoms with van der Waals surface area (Å²) in [7, 11) is 1.62. The van der Waals surface area contributed by atoms with E-state index in [4.69, 9.17) is 5.73 Å². The minimum atomic E-state index is -0.510. The molecule has 3 N–H and O–H groups in total. The molecule has 0 aliphatic rings. The molecule has 0 fully saturated rings. The lowest BCUT2D eigenvalue weighted by atomic mass is 10.2. The van der Waals surface area contributed by atoms with Gasteiger partial charge in [0.1, 0.15) is 0 Å².